The highest BCUT2D eigenvalue weighted by molar-refractivity contribution is 7.83. The monoisotopic (exact) mass is 275 g/mol. The molecule has 6 heteroatoms. The van der Waals surface area contributed by atoms with Gasteiger partial charge in [0.15, 0.2) is 5.29 Å². The fourth-order valence-electron chi connectivity index (χ4n) is 0.904. The summed E-state index contributed by atoms with van der Waals surface area (Å²) < 4.78 is 0. The average Bonchev–Trinajstić information content (AvgIpc) is 2.76. The second-order valence-electron chi connectivity index (χ2n) is 3.22. The molecule has 1 heterocycles. The molecule has 0 amide bonds. The van der Waals surface area contributed by atoms with E-state index in [2.05, 4.69) is 29.0 Å². The molecule has 1 aromatic heterocycles. The molecule has 1 rings (SSSR count). The molecule has 0 aliphatic rings. The Hall–Kier alpha value is -0.650. The van der Waals surface area contributed by atoms with E-state index in [-0.39, 0.29) is 0 Å². The number of hydrogen-bond donors (Lipinski definition) is 2. The van der Waals surface area contributed by atoms with Crippen LogP contribution < -0.4 is 5.32 Å². The van der Waals surface area contributed by atoms with Crippen LogP contribution >= 0.6 is 35.6 Å². The Kier molecular flexibility index (Phi) is 5.73. The van der Waals surface area contributed by atoms with Crippen molar-refractivity contribution in [1.29, 1.82) is 0 Å². The maximum absolute atomic E-state index is 5.91. The summed E-state index contributed by atoms with van der Waals surface area (Å²) in [5.41, 5.74) is 0. The molecular weight excluding hydrogens is 262 g/mol. The summed E-state index contributed by atoms with van der Waals surface area (Å²) in [5, 5.41) is 7.21. The maximum Gasteiger partial charge on any atom is 0.199 e. The molecule has 0 fully saturated rings. The number of thiol groups is 1. The Morgan fingerprint density at radius 2 is 2.44 bits per heavy atom. The number of hydrogen-bond acceptors (Lipinski definition) is 4. The largest absolute Gasteiger partial charge is 0.365 e. The number of nitrogens with zero attached hydrogens (tertiary/aromatic N) is 2. The lowest BCUT2D eigenvalue weighted by Crippen LogP contribution is -2.19. The summed E-state index contributed by atoms with van der Waals surface area (Å²) in [5.74, 6) is 0.649. The Morgan fingerprint density at radius 1 is 1.69 bits per heavy atom. The third-order valence-electron chi connectivity index (χ3n) is 1.73. The SMILES string of the molecule is CN(C)C(Cl)=N/C(=C/S)NCc1cccs1. The van der Waals surface area contributed by atoms with Gasteiger partial charge in [-0.3, -0.25) is 0 Å². The van der Waals surface area contributed by atoms with E-state index >= 15 is 0 Å². The molecule has 0 unspecified atom stereocenters. The van der Waals surface area contributed by atoms with Crippen molar-refractivity contribution in [1.82, 2.24) is 10.2 Å². The lowest BCUT2D eigenvalue weighted by atomic mass is 10.4. The molecule has 1 N–H and O–H groups in total. The Labute approximate surface area is 110 Å². The minimum Gasteiger partial charge on any atom is -0.365 e. The first-order valence-electron chi connectivity index (χ1n) is 4.65. The van der Waals surface area contributed by atoms with Crippen molar-refractivity contribution < 1.29 is 0 Å². The molecule has 0 atom stereocenters. The third-order valence-corrected chi connectivity index (χ3v) is 3.27. The van der Waals surface area contributed by atoms with E-state index in [0.717, 1.165) is 6.54 Å². The van der Waals surface area contributed by atoms with Crippen LogP contribution in [-0.4, -0.2) is 24.3 Å². The average molecular weight is 276 g/mol. The highest BCUT2D eigenvalue weighted by Gasteiger charge is 2.00. The van der Waals surface area contributed by atoms with Crippen molar-refractivity contribution in [2.75, 3.05) is 14.1 Å². The highest BCUT2D eigenvalue weighted by atomic mass is 35.5. The Balaban J connectivity index is 2.54. The van der Waals surface area contributed by atoms with E-state index in [1.165, 1.54) is 4.88 Å². The minimum absolute atomic E-state index is 0.416. The number of halogens is 1. The van der Waals surface area contributed by atoms with Crippen molar-refractivity contribution >= 4 is 40.9 Å². The fourth-order valence-corrected chi connectivity index (χ4v) is 1.79. The van der Waals surface area contributed by atoms with Gasteiger partial charge in [0.25, 0.3) is 0 Å². The zero-order valence-corrected chi connectivity index (χ0v) is 11.6. The zero-order valence-electron chi connectivity index (χ0n) is 9.14. The van der Waals surface area contributed by atoms with Crippen molar-refractivity contribution in [3.05, 3.63) is 33.6 Å². The molecule has 0 spiro atoms. The van der Waals surface area contributed by atoms with Gasteiger partial charge in [-0.05, 0) is 23.0 Å². The predicted molar refractivity (Wildman–Crippen MR) is 75.2 cm³/mol. The first-order valence-corrected chi connectivity index (χ1v) is 6.43. The van der Waals surface area contributed by atoms with E-state index in [4.69, 9.17) is 11.6 Å². The van der Waals surface area contributed by atoms with Gasteiger partial charge in [0.05, 0.1) is 6.54 Å². The van der Waals surface area contributed by atoms with Crippen LogP contribution in [0.25, 0.3) is 0 Å². The van der Waals surface area contributed by atoms with Crippen molar-refractivity contribution in [3.63, 3.8) is 0 Å². The number of aliphatic imine (C=N–C) groups is 1. The third kappa shape index (κ3) is 4.47. The molecule has 0 radical (unpaired) electrons. The lowest BCUT2D eigenvalue weighted by molar-refractivity contribution is 0.631. The summed E-state index contributed by atoms with van der Waals surface area (Å²) in [6, 6.07) is 4.08. The smallest absolute Gasteiger partial charge is 0.199 e. The molecule has 0 aromatic carbocycles. The van der Waals surface area contributed by atoms with Crippen LogP contribution in [0, 0.1) is 0 Å². The fraction of sp³-hybridized carbons (Fsp3) is 0.300. The van der Waals surface area contributed by atoms with Gasteiger partial charge in [0, 0.05) is 24.4 Å². The lowest BCUT2D eigenvalue weighted by Gasteiger charge is -2.10. The maximum atomic E-state index is 5.91. The van der Waals surface area contributed by atoms with Gasteiger partial charge >= 0.3 is 0 Å². The van der Waals surface area contributed by atoms with Crippen molar-refractivity contribution in [3.8, 4) is 0 Å². The van der Waals surface area contributed by atoms with E-state index in [9.17, 15) is 0 Å². The number of amidine groups is 1. The van der Waals surface area contributed by atoms with Crippen LogP contribution in [0.5, 0.6) is 0 Å². The minimum atomic E-state index is 0.416. The highest BCUT2D eigenvalue weighted by Crippen LogP contribution is 2.09. The van der Waals surface area contributed by atoms with Crippen LogP contribution in [0.2, 0.25) is 0 Å². The zero-order chi connectivity index (χ0) is 12.0. The van der Waals surface area contributed by atoms with Crippen LogP contribution in [0.4, 0.5) is 0 Å². The van der Waals surface area contributed by atoms with Crippen LogP contribution in [0.1, 0.15) is 4.88 Å². The molecule has 0 saturated carbocycles. The first-order chi connectivity index (χ1) is 7.63. The number of thiophene rings is 1. The van der Waals surface area contributed by atoms with Gasteiger partial charge in [-0.15, -0.1) is 24.0 Å². The molecule has 0 bridgehead atoms. The molecule has 0 aliphatic heterocycles. The quantitative estimate of drug-likeness (QED) is 0.383. The summed E-state index contributed by atoms with van der Waals surface area (Å²) in [6.07, 6.45) is 0. The van der Waals surface area contributed by atoms with Crippen LogP contribution in [0.3, 0.4) is 0 Å². The topological polar surface area (TPSA) is 27.6 Å². The van der Waals surface area contributed by atoms with E-state index in [1.54, 1.807) is 21.6 Å². The predicted octanol–water partition coefficient (Wildman–Crippen LogP) is 2.72. The Bertz CT molecular complexity index is 371. The standard InChI is InChI=1S/C10H14ClN3S2/c1-14(2)10(11)13-9(7-15)12-6-8-4-3-5-16-8/h3-5,7,12,15H,6H2,1-2H3/b9-7+,13-10?. The van der Waals surface area contributed by atoms with Gasteiger partial charge in [-0.2, -0.15) is 0 Å². The molecule has 3 nitrogen and oxygen atoms in total. The normalized spacial score (nSPS) is 12.8. The second-order valence-corrected chi connectivity index (χ2v) is 4.85. The summed E-state index contributed by atoms with van der Waals surface area (Å²) in [7, 11) is 3.67. The second kappa shape index (κ2) is 6.83. The summed E-state index contributed by atoms with van der Waals surface area (Å²) in [6.45, 7) is 0.727. The van der Waals surface area contributed by atoms with E-state index in [1.807, 2.05) is 25.5 Å². The molecule has 0 aliphatic carbocycles. The van der Waals surface area contributed by atoms with Gasteiger partial charge in [0.1, 0.15) is 5.82 Å². The molecule has 0 saturated heterocycles. The van der Waals surface area contributed by atoms with Crippen LogP contribution in [0.15, 0.2) is 33.7 Å². The number of nitrogens with one attached hydrogen (secondary N) is 1. The van der Waals surface area contributed by atoms with Gasteiger partial charge < -0.3 is 10.2 Å². The van der Waals surface area contributed by atoms with Gasteiger partial charge in [-0.25, -0.2) is 4.99 Å². The van der Waals surface area contributed by atoms with Gasteiger partial charge in [-0.1, -0.05) is 6.07 Å². The molecule has 1 aromatic rings. The van der Waals surface area contributed by atoms with E-state index < -0.39 is 0 Å². The van der Waals surface area contributed by atoms with Crippen LogP contribution in [-0.2, 0) is 6.54 Å². The molecule has 16 heavy (non-hydrogen) atoms. The van der Waals surface area contributed by atoms with Crippen molar-refractivity contribution in [2.24, 2.45) is 4.99 Å². The Morgan fingerprint density at radius 3 is 2.94 bits per heavy atom. The van der Waals surface area contributed by atoms with Crippen molar-refractivity contribution in [2.45, 2.75) is 6.54 Å². The molecular formula is C10H14ClN3S2. The van der Waals surface area contributed by atoms with Gasteiger partial charge in [0.2, 0.25) is 0 Å². The molecule has 88 valence electrons. The first kappa shape index (κ1) is 13.4. The summed E-state index contributed by atoms with van der Waals surface area (Å²) >= 11 is 11.7. The number of rotatable bonds is 4. The van der Waals surface area contributed by atoms with E-state index in [0.29, 0.717) is 11.1 Å². The summed E-state index contributed by atoms with van der Waals surface area (Å²) in [4.78, 5) is 7.15.